The molecule has 0 fully saturated rings. The number of allylic oxidation sites excluding steroid dienone is 2. The van der Waals surface area contributed by atoms with Gasteiger partial charge in [-0.25, -0.2) is 0 Å². The minimum Gasteiger partial charge on any atom is -0.458 e. The quantitative estimate of drug-likeness (QED) is 0.133. The molecule has 2 unspecified atom stereocenters. The Morgan fingerprint density at radius 1 is 0.402 bits per heavy atom. The normalized spacial score (nSPS) is 15.7. The SMILES string of the molecule is C1=C2B3c4ccccc4Oc4cc(N(c5ccccc5)c5ccccc5)cc(c43)N(c3ccc4sc5ccccc5c4c3-c3ccccc3)C2=CC2Sc3cc(N(c4ccccc4)c4ccccc4)cc4c3B(c3ccccc3N4c3ccccc3)C12. The molecule has 0 bridgehead atoms. The first-order valence-electron chi connectivity index (χ1n) is 30.0. The van der Waals surface area contributed by atoms with Crippen molar-refractivity contribution in [3.05, 3.63) is 315 Å². The molecular weight excluding hydrogens is 1090 g/mol. The van der Waals surface area contributed by atoms with Crippen molar-refractivity contribution >= 4 is 141 Å². The Morgan fingerprint density at radius 3 is 1.62 bits per heavy atom. The van der Waals surface area contributed by atoms with Crippen LogP contribution >= 0.6 is 23.1 Å². The third-order valence-corrected chi connectivity index (χ3v) is 20.7. The molecule has 2 atom stereocenters. The van der Waals surface area contributed by atoms with E-state index in [2.05, 4.69) is 323 Å². The summed E-state index contributed by atoms with van der Waals surface area (Å²) in [5.74, 6) is 1.82. The van der Waals surface area contributed by atoms with Crippen LogP contribution in [0.2, 0.25) is 5.82 Å². The van der Waals surface area contributed by atoms with Crippen molar-refractivity contribution in [2.45, 2.75) is 16.0 Å². The van der Waals surface area contributed by atoms with Gasteiger partial charge in [-0.1, -0.05) is 182 Å². The zero-order valence-electron chi connectivity index (χ0n) is 47.2. The summed E-state index contributed by atoms with van der Waals surface area (Å²) in [6.45, 7) is -0.104. The van der Waals surface area contributed by atoms with Crippen molar-refractivity contribution in [2.75, 3.05) is 19.6 Å². The number of para-hydroxylation sites is 7. The first-order chi connectivity index (χ1) is 43.2. The van der Waals surface area contributed by atoms with E-state index in [1.807, 2.05) is 23.1 Å². The largest absolute Gasteiger partial charge is 0.458 e. The van der Waals surface area contributed by atoms with E-state index >= 15 is 0 Å². The zero-order valence-corrected chi connectivity index (χ0v) is 48.8. The van der Waals surface area contributed by atoms with Crippen molar-refractivity contribution in [1.82, 2.24) is 0 Å². The predicted molar refractivity (Wildman–Crippen MR) is 370 cm³/mol. The lowest BCUT2D eigenvalue weighted by molar-refractivity contribution is 0.487. The molecule has 0 radical (unpaired) electrons. The molecule has 0 N–H and O–H groups in total. The Balaban J connectivity index is 0.932. The van der Waals surface area contributed by atoms with Crippen LogP contribution in [0.4, 0.5) is 62.6 Å². The van der Waals surface area contributed by atoms with Gasteiger partial charge >= 0.3 is 0 Å². The van der Waals surface area contributed by atoms with Gasteiger partial charge in [-0.3, -0.25) is 0 Å². The highest BCUT2D eigenvalue weighted by molar-refractivity contribution is 8.00. The molecule has 0 saturated heterocycles. The lowest BCUT2D eigenvalue weighted by Crippen LogP contribution is -2.59. The van der Waals surface area contributed by atoms with Crippen molar-refractivity contribution < 1.29 is 4.74 Å². The van der Waals surface area contributed by atoms with E-state index in [-0.39, 0.29) is 24.5 Å². The Kier molecular flexibility index (Phi) is 11.7. The fourth-order valence-corrected chi connectivity index (χ4v) is 17.3. The molecule has 0 saturated carbocycles. The van der Waals surface area contributed by atoms with Crippen LogP contribution in [0.5, 0.6) is 11.5 Å². The van der Waals surface area contributed by atoms with Crippen LogP contribution in [0.3, 0.4) is 0 Å². The molecular formula is C78H52B2N4OS2. The number of ether oxygens (including phenoxy) is 1. The second kappa shape index (κ2) is 20.2. The van der Waals surface area contributed by atoms with Gasteiger partial charge in [0, 0.05) is 98.8 Å². The smallest absolute Gasteiger partial charge is 0.255 e. The van der Waals surface area contributed by atoms with Gasteiger partial charge in [0.25, 0.3) is 6.71 Å². The Hall–Kier alpha value is -10.2. The number of fused-ring (bicyclic) bond motifs is 11. The number of nitrogens with zero attached hydrogens (tertiary/aromatic N) is 4. The molecule has 1 aromatic heterocycles. The molecule has 18 rings (SSSR count). The molecule has 1 aliphatic carbocycles. The average Bonchev–Trinajstić information content (AvgIpc) is 1.91. The number of anilines is 11. The number of thioether (sulfide) groups is 1. The van der Waals surface area contributed by atoms with Crippen LogP contribution in [0.1, 0.15) is 0 Å². The van der Waals surface area contributed by atoms with Crippen molar-refractivity contribution in [3.63, 3.8) is 0 Å². The molecule has 5 heterocycles. The molecule has 9 heteroatoms. The molecule has 87 heavy (non-hydrogen) atoms. The van der Waals surface area contributed by atoms with E-state index < -0.39 is 0 Å². The molecule has 0 spiro atoms. The highest BCUT2D eigenvalue weighted by Crippen LogP contribution is 2.57. The lowest BCUT2D eigenvalue weighted by Gasteiger charge is -2.49. The fourth-order valence-electron chi connectivity index (χ4n) is 14.7. The third-order valence-electron chi connectivity index (χ3n) is 18.2. The number of hydrogen-bond donors (Lipinski definition) is 0. The van der Waals surface area contributed by atoms with Crippen molar-refractivity contribution in [2.24, 2.45) is 0 Å². The number of rotatable bonds is 9. The summed E-state index contributed by atoms with van der Waals surface area (Å²) in [7, 11) is 0. The van der Waals surface area contributed by atoms with Crippen LogP contribution in [-0.2, 0) is 0 Å². The maximum absolute atomic E-state index is 7.38. The van der Waals surface area contributed by atoms with Gasteiger partial charge in [0.1, 0.15) is 11.5 Å². The topological polar surface area (TPSA) is 22.2 Å². The standard InChI is InChI=1S/C78H52B2N4OS2/c1-7-25-51(26-8-1)75-65(43-44-72-76(75)59-37-19-24-42-71(59)86-72)84-66-50-73-63(49-62(66)80-61-39-21-23-41-69(61)85-70-47-57(45-67(84)77(70)80)81(52-27-9-2-10-28-52)53-29-11-3-12-30-53)79-60-38-20-22-40-64(60)83(56-35-17-6-18-36-56)68-46-58(48-74(87-73)78(68)79)82(54-31-13-4-14-32-54)55-33-15-5-16-34-55/h1-50,63,73H. The zero-order chi connectivity index (χ0) is 57.1. The van der Waals surface area contributed by atoms with E-state index in [1.54, 1.807) is 0 Å². The maximum atomic E-state index is 7.38. The molecule has 5 aliphatic rings. The van der Waals surface area contributed by atoms with Gasteiger partial charge in [-0.05, 0) is 154 Å². The third kappa shape index (κ3) is 7.96. The number of hydrogen-bond acceptors (Lipinski definition) is 7. The van der Waals surface area contributed by atoms with E-state index in [0.29, 0.717) is 0 Å². The second-order valence-corrected chi connectivity index (χ2v) is 25.3. The Bertz CT molecular complexity index is 4850. The Labute approximate surface area is 515 Å². The van der Waals surface area contributed by atoms with Crippen LogP contribution in [0, 0.1) is 0 Å². The van der Waals surface area contributed by atoms with Crippen molar-refractivity contribution in [1.29, 1.82) is 0 Å². The fraction of sp³-hybridized carbons (Fsp3) is 0.0256. The maximum Gasteiger partial charge on any atom is 0.255 e. The van der Waals surface area contributed by atoms with Crippen molar-refractivity contribution in [3.8, 4) is 22.6 Å². The van der Waals surface area contributed by atoms with Gasteiger partial charge in [0.05, 0.1) is 11.4 Å². The summed E-state index contributed by atoms with van der Waals surface area (Å²) in [6.07, 6.45) is 5.41. The summed E-state index contributed by atoms with van der Waals surface area (Å²) in [5, 5.41) is 2.56. The highest BCUT2D eigenvalue weighted by atomic mass is 32.2. The summed E-state index contributed by atoms with van der Waals surface area (Å²) >= 11 is 3.90. The lowest BCUT2D eigenvalue weighted by atomic mass is 9.28. The first kappa shape index (κ1) is 50.2. The van der Waals surface area contributed by atoms with E-state index in [1.165, 1.54) is 80.6 Å². The first-order valence-corrected chi connectivity index (χ1v) is 31.7. The molecule has 408 valence electrons. The summed E-state index contributed by atoms with van der Waals surface area (Å²) in [5.41, 5.74) is 22.2. The molecule has 12 aromatic carbocycles. The molecule has 13 aromatic rings. The van der Waals surface area contributed by atoms with Crippen LogP contribution in [0.15, 0.2) is 319 Å². The predicted octanol–water partition coefficient (Wildman–Crippen LogP) is 18.8. The summed E-state index contributed by atoms with van der Waals surface area (Å²) < 4.78 is 9.93. The van der Waals surface area contributed by atoms with Gasteiger partial charge < -0.3 is 24.3 Å². The van der Waals surface area contributed by atoms with Crippen LogP contribution in [0.25, 0.3) is 31.3 Å². The van der Waals surface area contributed by atoms with Gasteiger partial charge in [0.2, 0.25) is 6.71 Å². The highest BCUT2D eigenvalue weighted by Gasteiger charge is 2.52. The van der Waals surface area contributed by atoms with E-state index in [9.17, 15) is 0 Å². The minimum absolute atomic E-state index is 0.0281. The second-order valence-electron chi connectivity index (χ2n) is 23.0. The monoisotopic (exact) mass is 1150 g/mol. The Morgan fingerprint density at radius 2 is 0.954 bits per heavy atom. The van der Waals surface area contributed by atoms with Gasteiger partial charge in [-0.2, -0.15) is 0 Å². The molecule has 5 nitrogen and oxygen atoms in total. The van der Waals surface area contributed by atoms with Gasteiger partial charge in [-0.15, -0.1) is 23.1 Å². The average molecular weight is 1150 g/mol. The summed E-state index contributed by atoms with van der Waals surface area (Å²) in [6, 6.07) is 107. The van der Waals surface area contributed by atoms with E-state index in [0.717, 1.165) is 62.7 Å². The number of benzene rings is 12. The van der Waals surface area contributed by atoms with Crippen LogP contribution < -0.4 is 46.2 Å². The van der Waals surface area contributed by atoms with E-state index in [4.69, 9.17) is 4.74 Å². The van der Waals surface area contributed by atoms with Gasteiger partial charge in [0.15, 0.2) is 0 Å². The summed E-state index contributed by atoms with van der Waals surface area (Å²) in [4.78, 5) is 11.3. The van der Waals surface area contributed by atoms with Crippen LogP contribution in [-0.4, -0.2) is 18.7 Å². The molecule has 4 aliphatic heterocycles. The molecule has 0 amide bonds. The number of thiophene rings is 1. The minimum atomic E-state index is -0.136.